The summed E-state index contributed by atoms with van der Waals surface area (Å²) < 4.78 is 22.4. The van der Waals surface area contributed by atoms with Crippen molar-refractivity contribution in [2.75, 3.05) is 11.5 Å². The zero-order chi connectivity index (χ0) is 11.9. The van der Waals surface area contributed by atoms with Crippen LogP contribution >= 0.6 is 0 Å². The highest BCUT2D eigenvalue weighted by atomic mass is 32.2. The van der Waals surface area contributed by atoms with Crippen molar-refractivity contribution in [3.63, 3.8) is 0 Å². The third-order valence-electron chi connectivity index (χ3n) is 2.48. The van der Waals surface area contributed by atoms with E-state index in [0.717, 1.165) is 5.01 Å². The van der Waals surface area contributed by atoms with E-state index >= 15 is 0 Å². The molecule has 0 spiro atoms. The van der Waals surface area contributed by atoms with Crippen molar-refractivity contribution in [1.82, 2.24) is 5.01 Å². The Morgan fingerprint density at radius 1 is 1.40 bits per heavy atom. The molecule has 1 aliphatic heterocycles. The van der Waals surface area contributed by atoms with Crippen LogP contribution in [0.15, 0.2) is 0 Å². The van der Waals surface area contributed by atoms with Gasteiger partial charge in [0.25, 0.3) is 0 Å². The number of hydrogen-bond acceptors (Lipinski definition) is 4. The quantitative estimate of drug-likeness (QED) is 0.391. The van der Waals surface area contributed by atoms with Crippen LogP contribution < -0.4 is 5.84 Å². The van der Waals surface area contributed by atoms with Gasteiger partial charge < -0.3 is 0 Å². The largest absolute Gasteiger partial charge is 0.276 e. The fourth-order valence-corrected chi connectivity index (χ4v) is 3.26. The summed E-state index contributed by atoms with van der Waals surface area (Å²) in [6, 6.07) is -0.360. The number of hydrogen-bond donors (Lipinski definition) is 1. The standard InChI is InChI=1S/C9H18N2O3S/c1-9(2,3)8(12)11(10)7-4-5-15(13,14)6-7/h7H,4-6,10H2,1-3H3. The maximum atomic E-state index is 11.8. The Bertz CT molecular complexity index is 356. The molecule has 0 radical (unpaired) electrons. The van der Waals surface area contributed by atoms with Crippen LogP contribution in [0.5, 0.6) is 0 Å². The van der Waals surface area contributed by atoms with Gasteiger partial charge in [0.2, 0.25) is 5.91 Å². The van der Waals surface area contributed by atoms with E-state index in [9.17, 15) is 13.2 Å². The van der Waals surface area contributed by atoms with Crippen molar-refractivity contribution in [2.45, 2.75) is 33.2 Å². The fourth-order valence-electron chi connectivity index (χ4n) is 1.55. The van der Waals surface area contributed by atoms with Gasteiger partial charge in [0.1, 0.15) is 0 Å². The predicted octanol–water partition coefficient (Wildman–Crippen LogP) is -0.0781. The second-order valence-electron chi connectivity index (χ2n) is 5.02. The van der Waals surface area contributed by atoms with E-state index in [1.54, 1.807) is 20.8 Å². The van der Waals surface area contributed by atoms with Gasteiger partial charge in [0.15, 0.2) is 9.84 Å². The fraction of sp³-hybridized carbons (Fsp3) is 0.889. The molecule has 88 valence electrons. The highest BCUT2D eigenvalue weighted by Gasteiger charge is 2.36. The third kappa shape index (κ3) is 2.92. The van der Waals surface area contributed by atoms with Gasteiger partial charge in [0.05, 0.1) is 17.5 Å². The normalized spacial score (nSPS) is 25.2. The maximum Gasteiger partial charge on any atom is 0.242 e. The lowest BCUT2D eigenvalue weighted by Crippen LogP contribution is -2.50. The van der Waals surface area contributed by atoms with Gasteiger partial charge in [-0.05, 0) is 6.42 Å². The van der Waals surface area contributed by atoms with Gasteiger partial charge in [-0.2, -0.15) is 0 Å². The molecule has 1 fully saturated rings. The monoisotopic (exact) mass is 234 g/mol. The first-order valence-electron chi connectivity index (χ1n) is 4.92. The third-order valence-corrected chi connectivity index (χ3v) is 4.23. The molecule has 1 saturated heterocycles. The second kappa shape index (κ2) is 3.75. The molecule has 1 atom stereocenters. The molecule has 1 rings (SSSR count). The molecule has 0 aromatic carbocycles. The Morgan fingerprint density at radius 2 is 1.93 bits per heavy atom. The second-order valence-corrected chi connectivity index (χ2v) is 7.25. The molecule has 0 aliphatic carbocycles. The molecule has 0 bridgehead atoms. The lowest BCUT2D eigenvalue weighted by molar-refractivity contribution is -0.141. The van der Waals surface area contributed by atoms with E-state index in [-0.39, 0.29) is 23.5 Å². The molecular weight excluding hydrogens is 216 g/mol. The average Bonchev–Trinajstić information content (AvgIpc) is 2.42. The summed E-state index contributed by atoms with van der Waals surface area (Å²) in [5, 5.41) is 1.09. The van der Waals surface area contributed by atoms with Gasteiger partial charge in [-0.15, -0.1) is 0 Å². The van der Waals surface area contributed by atoms with Crippen molar-refractivity contribution >= 4 is 15.7 Å². The summed E-state index contributed by atoms with van der Waals surface area (Å²) in [6.07, 6.45) is 0.445. The van der Waals surface area contributed by atoms with Gasteiger partial charge in [0, 0.05) is 5.41 Å². The Labute approximate surface area is 90.5 Å². The summed E-state index contributed by atoms with van der Waals surface area (Å²) in [6.45, 7) is 5.29. The molecule has 15 heavy (non-hydrogen) atoms. The van der Waals surface area contributed by atoms with Crippen LogP contribution in [-0.4, -0.2) is 36.9 Å². The minimum Gasteiger partial charge on any atom is -0.276 e. The first kappa shape index (κ1) is 12.4. The smallest absolute Gasteiger partial charge is 0.242 e. The Morgan fingerprint density at radius 3 is 2.27 bits per heavy atom. The molecule has 0 saturated carbocycles. The van der Waals surface area contributed by atoms with Gasteiger partial charge in [-0.25, -0.2) is 14.3 Å². The van der Waals surface area contributed by atoms with Crippen molar-refractivity contribution in [3.8, 4) is 0 Å². The number of carbonyl (C=O) groups is 1. The van der Waals surface area contributed by atoms with Gasteiger partial charge >= 0.3 is 0 Å². The summed E-state index contributed by atoms with van der Waals surface area (Å²) in [5.74, 6) is 5.55. The van der Waals surface area contributed by atoms with Crippen LogP contribution in [0.25, 0.3) is 0 Å². The highest BCUT2D eigenvalue weighted by Crippen LogP contribution is 2.21. The lowest BCUT2D eigenvalue weighted by atomic mass is 9.95. The summed E-state index contributed by atoms with van der Waals surface area (Å²) in [5.41, 5.74) is -0.568. The molecule has 0 aromatic heterocycles. The van der Waals surface area contributed by atoms with E-state index < -0.39 is 15.3 Å². The van der Waals surface area contributed by atoms with E-state index in [4.69, 9.17) is 5.84 Å². The number of amides is 1. The average molecular weight is 234 g/mol. The number of sulfone groups is 1. The van der Waals surface area contributed by atoms with Crippen LogP contribution in [0, 0.1) is 5.41 Å². The van der Waals surface area contributed by atoms with E-state index in [1.807, 2.05) is 0 Å². The number of rotatable bonds is 1. The van der Waals surface area contributed by atoms with Crippen LogP contribution in [0.4, 0.5) is 0 Å². The van der Waals surface area contributed by atoms with Crippen LogP contribution in [0.2, 0.25) is 0 Å². The van der Waals surface area contributed by atoms with Crippen molar-refractivity contribution in [3.05, 3.63) is 0 Å². The van der Waals surface area contributed by atoms with Crippen molar-refractivity contribution in [1.29, 1.82) is 0 Å². The number of hydrazine groups is 1. The topological polar surface area (TPSA) is 80.5 Å². The van der Waals surface area contributed by atoms with E-state index in [0.29, 0.717) is 6.42 Å². The predicted molar refractivity (Wildman–Crippen MR) is 57.5 cm³/mol. The number of carbonyl (C=O) groups excluding carboxylic acids is 1. The van der Waals surface area contributed by atoms with Crippen LogP contribution in [-0.2, 0) is 14.6 Å². The minimum absolute atomic E-state index is 0.00861. The first-order chi connectivity index (χ1) is 6.63. The van der Waals surface area contributed by atoms with E-state index in [1.165, 1.54) is 0 Å². The molecule has 6 heteroatoms. The lowest BCUT2D eigenvalue weighted by Gasteiger charge is -2.29. The Kier molecular flexibility index (Phi) is 3.11. The van der Waals surface area contributed by atoms with E-state index in [2.05, 4.69) is 0 Å². The minimum atomic E-state index is -2.99. The first-order valence-corrected chi connectivity index (χ1v) is 6.74. The molecule has 5 nitrogen and oxygen atoms in total. The molecule has 1 amide bonds. The summed E-state index contributed by atoms with van der Waals surface area (Å²) in [4.78, 5) is 11.8. The molecule has 1 unspecified atom stereocenters. The summed E-state index contributed by atoms with van der Waals surface area (Å²) in [7, 11) is -2.99. The maximum absolute atomic E-state index is 11.8. The van der Waals surface area contributed by atoms with Crippen molar-refractivity contribution < 1.29 is 13.2 Å². The highest BCUT2D eigenvalue weighted by molar-refractivity contribution is 7.91. The molecule has 2 N–H and O–H groups in total. The van der Waals surface area contributed by atoms with Crippen LogP contribution in [0.1, 0.15) is 27.2 Å². The Balaban J connectivity index is 2.72. The molecule has 0 aromatic rings. The van der Waals surface area contributed by atoms with Crippen LogP contribution in [0.3, 0.4) is 0 Å². The van der Waals surface area contributed by atoms with Gasteiger partial charge in [-0.3, -0.25) is 9.80 Å². The summed E-state index contributed by atoms with van der Waals surface area (Å²) >= 11 is 0. The number of nitrogens with two attached hydrogens (primary N) is 1. The van der Waals surface area contributed by atoms with Crippen molar-refractivity contribution in [2.24, 2.45) is 11.3 Å². The number of nitrogens with zero attached hydrogens (tertiary/aromatic N) is 1. The van der Waals surface area contributed by atoms with Gasteiger partial charge in [-0.1, -0.05) is 20.8 Å². The molecule has 1 heterocycles. The molecule has 1 aliphatic rings. The zero-order valence-electron chi connectivity index (χ0n) is 9.36. The SMILES string of the molecule is CC(C)(C)C(=O)N(N)C1CCS(=O)(=O)C1. The molecular formula is C9H18N2O3S. The zero-order valence-corrected chi connectivity index (χ0v) is 10.2. The Hall–Kier alpha value is -0.620.